The van der Waals surface area contributed by atoms with E-state index >= 15 is 0 Å². The molecule has 19 heavy (non-hydrogen) atoms. The van der Waals surface area contributed by atoms with Gasteiger partial charge in [-0.05, 0) is 32.3 Å². The fourth-order valence-corrected chi connectivity index (χ4v) is 2.08. The van der Waals surface area contributed by atoms with Crippen LogP contribution in [-0.2, 0) is 14.3 Å². The second kappa shape index (κ2) is 8.98. The van der Waals surface area contributed by atoms with Crippen molar-refractivity contribution in [3.05, 3.63) is 24.8 Å². The fourth-order valence-electron chi connectivity index (χ4n) is 2.08. The molecule has 0 aromatic carbocycles. The number of aliphatic hydroxyl groups excluding tert-OH is 1. The van der Waals surface area contributed by atoms with Crippen molar-refractivity contribution in [1.29, 1.82) is 0 Å². The van der Waals surface area contributed by atoms with Gasteiger partial charge in [0.1, 0.15) is 0 Å². The second-order valence-electron chi connectivity index (χ2n) is 4.47. The molecule has 0 amide bonds. The van der Waals surface area contributed by atoms with Crippen LogP contribution in [0.3, 0.4) is 0 Å². The van der Waals surface area contributed by atoms with Gasteiger partial charge < -0.3 is 14.6 Å². The highest BCUT2D eigenvalue weighted by molar-refractivity contribution is 5.91. The van der Waals surface area contributed by atoms with Crippen LogP contribution >= 0.6 is 0 Å². The van der Waals surface area contributed by atoms with Crippen LogP contribution in [0.15, 0.2) is 24.8 Å². The Morgan fingerprint density at radius 2 is 2.26 bits per heavy atom. The number of rotatable bonds is 9. The number of ether oxygens (including phenoxy) is 2. The number of carbonyl (C=O) groups is 1. The SMILES string of the molecule is C=CCOC1CCCC1OC(O)NCC(=O)/C=C\C. The van der Waals surface area contributed by atoms with E-state index in [1.54, 1.807) is 19.1 Å². The van der Waals surface area contributed by atoms with Crippen LogP contribution in [0.1, 0.15) is 26.2 Å². The van der Waals surface area contributed by atoms with Crippen molar-refractivity contribution in [2.24, 2.45) is 0 Å². The number of nitrogens with one attached hydrogen (secondary N) is 1. The van der Waals surface area contributed by atoms with Gasteiger partial charge in [-0.15, -0.1) is 6.58 Å². The van der Waals surface area contributed by atoms with Gasteiger partial charge in [-0.25, -0.2) is 0 Å². The predicted octanol–water partition coefficient (Wildman–Crippen LogP) is 1.14. The van der Waals surface area contributed by atoms with Crippen molar-refractivity contribution in [3.63, 3.8) is 0 Å². The molecule has 1 aliphatic carbocycles. The first-order chi connectivity index (χ1) is 9.17. The Morgan fingerprint density at radius 3 is 2.95 bits per heavy atom. The molecule has 3 atom stereocenters. The molecule has 0 bridgehead atoms. The average molecular weight is 269 g/mol. The summed E-state index contributed by atoms with van der Waals surface area (Å²) in [6.45, 7) is 5.90. The molecule has 1 rings (SSSR count). The van der Waals surface area contributed by atoms with Gasteiger partial charge in [0.15, 0.2) is 5.78 Å². The van der Waals surface area contributed by atoms with Crippen molar-refractivity contribution < 1.29 is 19.4 Å². The molecule has 0 aromatic heterocycles. The zero-order valence-electron chi connectivity index (χ0n) is 11.4. The molecule has 108 valence electrons. The third-order valence-corrected chi connectivity index (χ3v) is 2.93. The monoisotopic (exact) mass is 269 g/mol. The molecule has 0 spiro atoms. The van der Waals surface area contributed by atoms with Gasteiger partial charge in [0, 0.05) is 0 Å². The van der Waals surface area contributed by atoms with Gasteiger partial charge in [0.25, 0.3) is 0 Å². The van der Waals surface area contributed by atoms with Crippen molar-refractivity contribution in [2.45, 2.75) is 44.8 Å². The molecule has 0 heterocycles. The van der Waals surface area contributed by atoms with Crippen molar-refractivity contribution in [2.75, 3.05) is 13.2 Å². The summed E-state index contributed by atoms with van der Waals surface area (Å²) in [6.07, 6.45) is 6.29. The van der Waals surface area contributed by atoms with Gasteiger partial charge >= 0.3 is 0 Å². The predicted molar refractivity (Wildman–Crippen MR) is 72.5 cm³/mol. The van der Waals surface area contributed by atoms with Gasteiger partial charge in [-0.3, -0.25) is 10.1 Å². The highest BCUT2D eigenvalue weighted by Gasteiger charge is 2.30. The number of allylic oxidation sites excluding steroid dienone is 1. The van der Waals surface area contributed by atoms with Crippen LogP contribution in [0.4, 0.5) is 0 Å². The molecule has 0 aromatic rings. The number of hydrogen-bond acceptors (Lipinski definition) is 5. The van der Waals surface area contributed by atoms with Crippen molar-refractivity contribution >= 4 is 5.78 Å². The van der Waals surface area contributed by atoms with Gasteiger partial charge in [-0.1, -0.05) is 12.2 Å². The minimum absolute atomic E-state index is 0.0133. The van der Waals surface area contributed by atoms with Crippen LogP contribution in [0, 0.1) is 0 Å². The highest BCUT2D eigenvalue weighted by atomic mass is 16.6. The van der Waals surface area contributed by atoms with E-state index in [9.17, 15) is 9.90 Å². The summed E-state index contributed by atoms with van der Waals surface area (Å²) in [5.41, 5.74) is 0. The zero-order chi connectivity index (χ0) is 14.1. The number of ketones is 1. The van der Waals surface area contributed by atoms with Gasteiger partial charge in [0.2, 0.25) is 6.41 Å². The maximum atomic E-state index is 11.2. The van der Waals surface area contributed by atoms with E-state index in [-0.39, 0.29) is 24.5 Å². The second-order valence-corrected chi connectivity index (χ2v) is 4.47. The quantitative estimate of drug-likeness (QED) is 0.373. The first-order valence-corrected chi connectivity index (χ1v) is 6.62. The van der Waals surface area contributed by atoms with E-state index in [2.05, 4.69) is 11.9 Å². The summed E-state index contributed by atoms with van der Waals surface area (Å²) in [4.78, 5) is 11.2. The Bertz CT molecular complexity index is 317. The highest BCUT2D eigenvalue weighted by Crippen LogP contribution is 2.25. The summed E-state index contributed by atoms with van der Waals surface area (Å²) in [7, 11) is 0. The lowest BCUT2D eigenvalue weighted by atomic mass is 10.2. The molecule has 0 radical (unpaired) electrons. The molecule has 1 saturated carbocycles. The van der Waals surface area contributed by atoms with Crippen LogP contribution < -0.4 is 5.32 Å². The molecule has 0 saturated heterocycles. The molecular formula is C14H23NO4. The molecular weight excluding hydrogens is 246 g/mol. The largest absolute Gasteiger partial charge is 0.371 e. The van der Waals surface area contributed by atoms with Gasteiger partial charge in [0.05, 0.1) is 25.4 Å². The third-order valence-electron chi connectivity index (χ3n) is 2.93. The summed E-state index contributed by atoms with van der Waals surface area (Å²) in [5.74, 6) is -0.101. The molecule has 2 N–H and O–H groups in total. The Hall–Kier alpha value is -1.01. The topological polar surface area (TPSA) is 67.8 Å². The smallest absolute Gasteiger partial charge is 0.214 e. The molecule has 5 heteroatoms. The number of carbonyl (C=O) groups excluding carboxylic acids is 1. The first-order valence-electron chi connectivity index (χ1n) is 6.62. The van der Waals surface area contributed by atoms with E-state index in [0.717, 1.165) is 19.3 Å². The van der Waals surface area contributed by atoms with Crippen LogP contribution in [0.25, 0.3) is 0 Å². The minimum atomic E-state index is -1.15. The lowest BCUT2D eigenvalue weighted by molar-refractivity contribution is -0.178. The molecule has 1 aliphatic rings. The maximum Gasteiger partial charge on any atom is 0.214 e. The maximum absolute atomic E-state index is 11.2. The van der Waals surface area contributed by atoms with Crippen LogP contribution in [0.5, 0.6) is 0 Å². The minimum Gasteiger partial charge on any atom is -0.371 e. The number of aliphatic hydroxyl groups is 1. The molecule has 0 aliphatic heterocycles. The van der Waals surface area contributed by atoms with Crippen molar-refractivity contribution in [3.8, 4) is 0 Å². The van der Waals surface area contributed by atoms with Gasteiger partial charge in [-0.2, -0.15) is 0 Å². The lowest BCUT2D eigenvalue weighted by Crippen LogP contribution is -2.40. The summed E-state index contributed by atoms with van der Waals surface area (Å²) < 4.78 is 11.0. The van der Waals surface area contributed by atoms with E-state index in [1.807, 2.05) is 0 Å². The van der Waals surface area contributed by atoms with E-state index in [4.69, 9.17) is 9.47 Å². The molecule has 1 fully saturated rings. The van der Waals surface area contributed by atoms with Crippen LogP contribution in [0.2, 0.25) is 0 Å². The van der Waals surface area contributed by atoms with Crippen LogP contribution in [-0.4, -0.2) is 42.7 Å². The number of hydrogen-bond donors (Lipinski definition) is 2. The fraction of sp³-hybridized carbons (Fsp3) is 0.643. The average Bonchev–Trinajstić information content (AvgIpc) is 2.81. The third kappa shape index (κ3) is 6.11. The van der Waals surface area contributed by atoms with Crippen molar-refractivity contribution in [1.82, 2.24) is 5.32 Å². The normalized spacial score (nSPS) is 24.7. The summed E-state index contributed by atoms with van der Waals surface area (Å²) >= 11 is 0. The van der Waals surface area contributed by atoms with E-state index in [1.165, 1.54) is 6.08 Å². The summed E-state index contributed by atoms with van der Waals surface area (Å²) in [6, 6.07) is 0. The Morgan fingerprint density at radius 1 is 1.53 bits per heavy atom. The van der Waals surface area contributed by atoms with E-state index < -0.39 is 6.41 Å². The first kappa shape index (κ1) is 16.0. The Kier molecular flexibility index (Phi) is 7.59. The lowest BCUT2D eigenvalue weighted by Gasteiger charge is -2.23. The summed E-state index contributed by atoms with van der Waals surface area (Å²) in [5, 5.41) is 12.3. The molecule has 5 nitrogen and oxygen atoms in total. The molecule has 3 unspecified atom stereocenters. The zero-order valence-corrected chi connectivity index (χ0v) is 11.4. The standard InChI is InChI=1S/C14H23NO4/c1-3-6-11(16)10-15-14(17)19-13-8-5-7-12(13)18-9-4-2/h3-4,6,12-15,17H,2,5,7-10H2,1H3/b6-3-. The Labute approximate surface area is 114 Å². The van der Waals surface area contributed by atoms with E-state index in [0.29, 0.717) is 6.61 Å². The Balaban J connectivity index is 2.28.